The number of ether oxygens (including phenoxy) is 2. The maximum Gasteiger partial charge on any atom is 0.251 e. The first-order valence-electron chi connectivity index (χ1n) is 11.6. The molecule has 202 valence electrons. The summed E-state index contributed by atoms with van der Waals surface area (Å²) in [7, 11) is 0. The Labute approximate surface area is 222 Å². The fourth-order valence-electron chi connectivity index (χ4n) is 4.82. The molecule has 6 atom stereocenters. The molecule has 2 aliphatic heterocycles. The quantitative estimate of drug-likeness (QED) is 0.325. The van der Waals surface area contributed by atoms with E-state index in [1.54, 1.807) is 24.3 Å². The van der Waals surface area contributed by atoms with E-state index in [-0.39, 0.29) is 24.3 Å². The normalized spacial score (nSPS) is 29.1. The van der Waals surface area contributed by atoms with Crippen LogP contribution in [0.5, 0.6) is 0 Å². The molecule has 0 radical (unpaired) electrons. The van der Waals surface area contributed by atoms with Crippen LogP contribution in [0.25, 0.3) is 11.3 Å². The van der Waals surface area contributed by atoms with Crippen LogP contribution in [0, 0.1) is 17.5 Å². The van der Waals surface area contributed by atoms with Gasteiger partial charge in [0.2, 0.25) is 5.79 Å². The molecule has 2 aromatic carbocycles. The van der Waals surface area contributed by atoms with E-state index < -0.39 is 66.1 Å². The molecule has 14 heteroatoms. The number of carbonyl (C=O) groups is 1. The van der Waals surface area contributed by atoms with Crippen molar-refractivity contribution in [2.24, 2.45) is 0 Å². The topological polar surface area (TPSA) is 139 Å². The van der Waals surface area contributed by atoms with E-state index in [0.29, 0.717) is 10.0 Å². The van der Waals surface area contributed by atoms with Gasteiger partial charge in [-0.2, -0.15) is 0 Å². The Morgan fingerprint density at radius 2 is 1.95 bits per heavy atom. The fraction of sp³-hybridized carbons (Fsp3) is 0.375. The minimum atomic E-state index is -1.88. The smallest absolute Gasteiger partial charge is 0.251 e. The molecule has 1 spiro atoms. The second-order valence-electron chi connectivity index (χ2n) is 9.00. The molecule has 0 saturated carbocycles. The number of halogens is 4. The van der Waals surface area contributed by atoms with Crippen LogP contribution in [0.2, 0.25) is 0 Å². The van der Waals surface area contributed by atoms with E-state index in [1.807, 2.05) is 0 Å². The second-order valence-corrected chi connectivity index (χ2v) is 9.91. The molecular formula is C24H22BrF3N4O6. The average Bonchev–Trinajstić information content (AvgIpc) is 3.53. The van der Waals surface area contributed by atoms with Gasteiger partial charge in [0, 0.05) is 15.6 Å². The summed E-state index contributed by atoms with van der Waals surface area (Å²) in [5.74, 6) is -6.84. The largest absolute Gasteiger partial charge is 0.394 e. The molecule has 5 rings (SSSR count). The summed E-state index contributed by atoms with van der Waals surface area (Å²) < 4.78 is 54.3. The summed E-state index contributed by atoms with van der Waals surface area (Å²) >= 11 is 3.31. The lowest BCUT2D eigenvalue weighted by Crippen LogP contribution is -2.69. The highest BCUT2D eigenvalue weighted by Gasteiger charge is 2.62. The number of rotatable bonds is 5. The van der Waals surface area contributed by atoms with E-state index >= 15 is 0 Å². The predicted molar refractivity (Wildman–Crippen MR) is 127 cm³/mol. The zero-order valence-electron chi connectivity index (χ0n) is 19.5. The molecule has 38 heavy (non-hydrogen) atoms. The molecule has 3 aromatic rings. The Bertz CT molecular complexity index is 1340. The van der Waals surface area contributed by atoms with Crippen molar-refractivity contribution in [1.82, 2.24) is 20.3 Å². The Balaban J connectivity index is 1.47. The number of nitrogens with zero attached hydrogens (tertiary/aromatic N) is 3. The number of aliphatic hydroxyl groups excluding tert-OH is 3. The number of hydrogen-bond donors (Lipinski definition) is 4. The minimum Gasteiger partial charge on any atom is -0.394 e. The zero-order chi connectivity index (χ0) is 27.2. The number of carbonyl (C=O) groups excluding carboxylic acids is 1. The molecule has 4 N–H and O–H groups in total. The van der Waals surface area contributed by atoms with E-state index in [2.05, 4.69) is 31.6 Å². The van der Waals surface area contributed by atoms with Crippen molar-refractivity contribution in [1.29, 1.82) is 0 Å². The molecule has 0 unspecified atom stereocenters. The van der Waals surface area contributed by atoms with Gasteiger partial charge in [0.1, 0.15) is 30.0 Å². The number of aliphatic hydroxyl groups is 3. The number of amides is 1. The first-order chi connectivity index (χ1) is 18.1. The highest BCUT2D eigenvalue weighted by molar-refractivity contribution is 9.10. The van der Waals surface area contributed by atoms with Gasteiger partial charge in [0.25, 0.3) is 5.91 Å². The van der Waals surface area contributed by atoms with Crippen LogP contribution < -0.4 is 5.32 Å². The molecule has 2 saturated heterocycles. The third kappa shape index (κ3) is 4.61. The van der Waals surface area contributed by atoms with E-state index in [4.69, 9.17) is 9.47 Å². The summed E-state index contributed by atoms with van der Waals surface area (Å²) in [5, 5.41) is 42.8. The molecule has 1 aromatic heterocycles. The van der Waals surface area contributed by atoms with Crippen LogP contribution >= 0.6 is 15.9 Å². The number of aromatic nitrogens is 3. The van der Waals surface area contributed by atoms with Gasteiger partial charge < -0.3 is 30.1 Å². The standard InChI is InChI=1S/C24H22BrF3N4O6/c25-13-3-1-2-11(6-13)23(36)29-18-4-5-37-24(18)22(35)20(21(34)17(10-33)38-24)32-9-16(30-31-32)12-7-14(26)19(28)15(27)8-12/h1-3,6-9,17-18,20-22,33-35H,4-5,10H2,(H,29,36)/t17-,18-,20+,21+,22-,24+/m1/s1. The van der Waals surface area contributed by atoms with Gasteiger partial charge in [0.05, 0.1) is 25.5 Å². The van der Waals surface area contributed by atoms with Crippen LogP contribution in [0.1, 0.15) is 22.8 Å². The van der Waals surface area contributed by atoms with Crippen LogP contribution in [0.4, 0.5) is 13.2 Å². The van der Waals surface area contributed by atoms with Crippen molar-refractivity contribution in [3.63, 3.8) is 0 Å². The van der Waals surface area contributed by atoms with Crippen LogP contribution in [0.3, 0.4) is 0 Å². The van der Waals surface area contributed by atoms with Gasteiger partial charge in [-0.05, 0) is 36.8 Å². The lowest BCUT2D eigenvalue weighted by Gasteiger charge is -2.49. The molecule has 2 fully saturated rings. The summed E-state index contributed by atoms with van der Waals surface area (Å²) in [6.07, 6.45) is -3.00. The van der Waals surface area contributed by atoms with Crippen molar-refractivity contribution < 1.29 is 42.8 Å². The molecule has 1 amide bonds. The summed E-state index contributed by atoms with van der Waals surface area (Å²) in [6.45, 7) is -0.587. The summed E-state index contributed by atoms with van der Waals surface area (Å²) in [5.41, 5.74) is 0.130. The minimum absolute atomic E-state index is 0.0739. The molecule has 10 nitrogen and oxygen atoms in total. The van der Waals surface area contributed by atoms with Crippen molar-refractivity contribution >= 4 is 21.8 Å². The molecular weight excluding hydrogens is 577 g/mol. The van der Waals surface area contributed by atoms with E-state index in [9.17, 15) is 33.3 Å². The molecule has 2 aliphatic rings. The van der Waals surface area contributed by atoms with Crippen LogP contribution in [0.15, 0.2) is 47.1 Å². The van der Waals surface area contributed by atoms with Crippen molar-refractivity contribution in [2.45, 2.75) is 42.6 Å². The highest BCUT2D eigenvalue weighted by Crippen LogP contribution is 2.43. The van der Waals surface area contributed by atoms with Crippen molar-refractivity contribution in [2.75, 3.05) is 13.2 Å². The average molecular weight is 599 g/mol. The number of hydrogen-bond acceptors (Lipinski definition) is 8. The predicted octanol–water partition coefficient (Wildman–Crippen LogP) is 1.69. The molecule has 3 heterocycles. The molecule has 0 aliphatic carbocycles. The Morgan fingerprint density at radius 1 is 1.21 bits per heavy atom. The maximum atomic E-state index is 13.8. The number of benzene rings is 2. The Kier molecular flexibility index (Phi) is 7.28. The van der Waals surface area contributed by atoms with Gasteiger partial charge in [-0.3, -0.25) is 4.79 Å². The summed E-state index contributed by atoms with van der Waals surface area (Å²) in [4.78, 5) is 13.0. The van der Waals surface area contributed by atoms with Gasteiger partial charge >= 0.3 is 0 Å². The third-order valence-corrected chi connectivity index (χ3v) is 7.18. The van der Waals surface area contributed by atoms with Gasteiger partial charge in [-0.25, -0.2) is 17.9 Å². The van der Waals surface area contributed by atoms with Crippen LogP contribution in [-0.2, 0) is 9.47 Å². The SMILES string of the molecule is O=C(N[C@@H]1CCO[C@]12O[C@H](CO)[C@H](O)[C@H](n1cc(-c3cc(F)c(F)c(F)c3)nn1)[C@H]2O)c1cccc(Br)c1. The third-order valence-electron chi connectivity index (χ3n) is 6.69. The molecule has 0 bridgehead atoms. The maximum absolute atomic E-state index is 13.8. The van der Waals surface area contributed by atoms with Gasteiger partial charge in [-0.15, -0.1) is 5.10 Å². The fourth-order valence-corrected chi connectivity index (χ4v) is 5.21. The van der Waals surface area contributed by atoms with Crippen molar-refractivity contribution in [3.8, 4) is 11.3 Å². The lowest BCUT2D eigenvalue weighted by molar-refractivity contribution is -0.344. The monoisotopic (exact) mass is 598 g/mol. The Morgan fingerprint density at radius 3 is 2.63 bits per heavy atom. The highest BCUT2D eigenvalue weighted by atomic mass is 79.9. The van der Waals surface area contributed by atoms with E-state index in [1.165, 1.54) is 6.20 Å². The first-order valence-corrected chi connectivity index (χ1v) is 12.4. The van der Waals surface area contributed by atoms with E-state index in [0.717, 1.165) is 16.8 Å². The first kappa shape index (κ1) is 26.7. The second kappa shape index (κ2) is 10.4. The zero-order valence-corrected chi connectivity index (χ0v) is 21.1. The van der Waals surface area contributed by atoms with Gasteiger partial charge in [-0.1, -0.05) is 27.2 Å². The summed E-state index contributed by atoms with van der Waals surface area (Å²) in [6, 6.07) is 5.89. The lowest BCUT2D eigenvalue weighted by atomic mass is 9.86. The van der Waals surface area contributed by atoms with Crippen molar-refractivity contribution in [3.05, 3.63) is 70.1 Å². The Hall–Kier alpha value is -2.88. The van der Waals surface area contributed by atoms with Gasteiger partial charge in [0.15, 0.2) is 17.5 Å². The van der Waals surface area contributed by atoms with Crippen LogP contribution in [-0.4, -0.2) is 79.6 Å². The number of nitrogens with one attached hydrogen (secondary N) is 1.